The normalized spacial score (nSPS) is 11.7. The molecule has 0 aliphatic heterocycles. The van der Waals surface area contributed by atoms with Gasteiger partial charge in [0.25, 0.3) is 5.89 Å². The van der Waals surface area contributed by atoms with Crippen LogP contribution in [-0.2, 0) is 12.7 Å². The lowest BCUT2D eigenvalue weighted by Gasteiger charge is -2.06. The predicted molar refractivity (Wildman–Crippen MR) is 121 cm³/mol. The molecular formula is C24H19F3N6O3. The largest absolute Gasteiger partial charge is 0.496 e. The summed E-state index contributed by atoms with van der Waals surface area (Å²) in [5.74, 6) is 1.71. The molecule has 184 valence electrons. The summed E-state index contributed by atoms with van der Waals surface area (Å²) >= 11 is 0. The Morgan fingerprint density at radius 3 is 2.58 bits per heavy atom. The van der Waals surface area contributed by atoms with Crippen LogP contribution in [0.2, 0.25) is 0 Å². The number of aryl methyl sites for hydroxylation is 1. The molecule has 0 saturated heterocycles. The van der Waals surface area contributed by atoms with Gasteiger partial charge in [0.2, 0.25) is 11.7 Å². The van der Waals surface area contributed by atoms with E-state index in [0.29, 0.717) is 34.5 Å². The van der Waals surface area contributed by atoms with Crippen molar-refractivity contribution in [3.8, 4) is 40.2 Å². The van der Waals surface area contributed by atoms with E-state index < -0.39 is 11.7 Å². The first kappa shape index (κ1) is 23.3. The molecule has 12 heteroatoms. The van der Waals surface area contributed by atoms with Gasteiger partial charge in [0.05, 0.1) is 30.5 Å². The summed E-state index contributed by atoms with van der Waals surface area (Å²) in [4.78, 5) is 8.83. The molecule has 0 N–H and O–H groups in total. The maximum atomic E-state index is 13.0. The van der Waals surface area contributed by atoms with Crippen LogP contribution in [0.3, 0.4) is 0 Å². The first-order chi connectivity index (χ1) is 17.2. The topological polar surface area (TPSA) is 105 Å². The molecule has 5 aromatic rings. The molecule has 0 aliphatic carbocycles. The molecule has 3 aromatic heterocycles. The minimum Gasteiger partial charge on any atom is -0.496 e. The van der Waals surface area contributed by atoms with Gasteiger partial charge in [-0.3, -0.25) is 0 Å². The second kappa shape index (κ2) is 8.95. The third kappa shape index (κ3) is 4.32. The number of aromatic nitrogens is 6. The number of hydrogen-bond donors (Lipinski definition) is 0. The molecule has 0 atom stereocenters. The summed E-state index contributed by atoms with van der Waals surface area (Å²) in [6.07, 6.45) is -4.48. The molecule has 0 saturated carbocycles. The van der Waals surface area contributed by atoms with E-state index in [1.165, 1.54) is 12.1 Å². The van der Waals surface area contributed by atoms with Crippen LogP contribution in [0.1, 0.15) is 22.7 Å². The van der Waals surface area contributed by atoms with Crippen LogP contribution in [0, 0.1) is 13.8 Å². The quantitative estimate of drug-likeness (QED) is 0.310. The van der Waals surface area contributed by atoms with Crippen molar-refractivity contribution in [2.24, 2.45) is 0 Å². The molecule has 0 spiro atoms. The number of methoxy groups -OCH3 is 1. The number of halogens is 3. The fourth-order valence-electron chi connectivity index (χ4n) is 3.63. The molecule has 5 rings (SSSR count). The number of hydrogen-bond acceptors (Lipinski definition) is 8. The Kier molecular flexibility index (Phi) is 5.78. The average Bonchev–Trinajstić information content (AvgIpc) is 3.58. The zero-order valence-corrected chi connectivity index (χ0v) is 19.4. The van der Waals surface area contributed by atoms with Crippen LogP contribution < -0.4 is 4.74 Å². The van der Waals surface area contributed by atoms with E-state index in [-0.39, 0.29) is 23.8 Å². The summed E-state index contributed by atoms with van der Waals surface area (Å²) in [6, 6.07) is 12.1. The lowest BCUT2D eigenvalue weighted by atomic mass is 10.1. The van der Waals surface area contributed by atoms with Gasteiger partial charge in [-0.2, -0.15) is 18.2 Å². The highest BCUT2D eigenvalue weighted by molar-refractivity contribution is 5.63. The van der Waals surface area contributed by atoms with Crippen LogP contribution in [-0.4, -0.2) is 37.2 Å². The van der Waals surface area contributed by atoms with Gasteiger partial charge in [-0.05, 0) is 38.1 Å². The SMILES string of the molecule is COc1ccccc1-c1nc(Cn2nnc(-c3nc(-c4cccc(C(F)(F)F)c4)no3)c2C)c(C)o1. The Bertz CT molecular complexity index is 1540. The molecule has 0 bridgehead atoms. The summed E-state index contributed by atoms with van der Waals surface area (Å²) in [5, 5.41) is 12.1. The molecule has 0 radical (unpaired) electrons. The monoisotopic (exact) mass is 496 g/mol. The van der Waals surface area contributed by atoms with E-state index in [1.54, 1.807) is 25.6 Å². The van der Waals surface area contributed by atoms with Crippen molar-refractivity contribution in [3.05, 3.63) is 71.2 Å². The number of benzene rings is 2. The number of nitrogens with zero attached hydrogens (tertiary/aromatic N) is 6. The van der Waals surface area contributed by atoms with Crippen molar-refractivity contribution in [1.82, 2.24) is 30.1 Å². The summed E-state index contributed by atoms with van der Waals surface area (Å²) in [6.45, 7) is 3.83. The van der Waals surface area contributed by atoms with Gasteiger partial charge < -0.3 is 13.7 Å². The van der Waals surface area contributed by atoms with Gasteiger partial charge in [-0.25, -0.2) is 9.67 Å². The van der Waals surface area contributed by atoms with Crippen LogP contribution >= 0.6 is 0 Å². The first-order valence-electron chi connectivity index (χ1n) is 10.8. The van der Waals surface area contributed by atoms with E-state index >= 15 is 0 Å². The molecule has 0 fully saturated rings. The van der Waals surface area contributed by atoms with Gasteiger partial charge in [-0.1, -0.05) is 34.6 Å². The highest BCUT2D eigenvalue weighted by Crippen LogP contribution is 2.33. The maximum Gasteiger partial charge on any atom is 0.416 e. The lowest BCUT2D eigenvalue weighted by Crippen LogP contribution is -2.05. The highest BCUT2D eigenvalue weighted by Gasteiger charge is 2.31. The van der Waals surface area contributed by atoms with E-state index in [4.69, 9.17) is 13.7 Å². The lowest BCUT2D eigenvalue weighted by molar-refractivity contribution is -0.137. The summed E-state index contributed by atoms with van der Waals surface area (Å²) in [5.41, 5.74) is 1.65. The fourth-order valence-corrected chi connectivity index (χ4v) is 3.63. The van der Waals surface area contributed by atoms with Crippen molar-refractivity contribution >= 4 is 0 Å². The van der Waals surface area contributed by atoms with Gasteiger partial charge in [0.15, 0.2) is 5.69 Å². The minimum atomic E-state index is -4.48. The van der Waals surface area contributed by atoms with E-state index in [1.807, 2.05) is 24.3 Å². The molecule has 36 heavy (non-hydrogen) atoms. The van der Waals surface area contributed by atoms with Gasteiger partial charge in [0, 0.05) is 5.56 Å². The van der Waals surface area contributed by atoms with Crippen molar-refractivity contribution in [3.63, 3.8) is 0 Å². The van der Waals surface area contributed by atoms with Crippen molar-refractivity contribution in [2.75, 3.05) is 7.11 Å². The van der Waals surface area contributed by atoms with Crippen molar-refractivity contribution in [1.29, 1.82) is 0 Å². The summed E-state index contributed by atoms with van der Waals surface area (Å²) < 4.78 is 57.3. The molecule has 2 aromatic carbocycles. The molecule has 3 heterocycles. The van der Waals surface area contributed by atoms with Crippen molar-refractivity contribution in [2.45, 2.75) is 26.6 Å². The van der Waals surface area contributed by atoms with Crippen molar-refractivity contribution < 1.29 is 26.8 Å². The molecule has 0 amide bonds. The second-order valence-electron chi connectivity index (χ2n) is 7.90. The maximum absolute atomic E-state index is 13.0. The van der Waals surface area contributed by atoms with Gasteiger partial charge in [0.1, 0.15) is 17.2 Å². The average molecular weight is 496 g/mol. The highest BCUT2D eigenvalue weighted by atomic mass is 19.4. The van der Waals surface area contributed by atoms with Crippen LogP contribution in [0.15, 0.2) is 57.5 Å². The van der Waals surface area contributed by atoms with Gasteiger partial charge in [-0.15, -0.1) is 5.10 Å². The third-order valence-electron chi connectivity index (χ3n) is 5.59. The third-order valence-corrected chi connectivity index (χ3v) is 5.59. The van der Waals surface area contributed by atoms with Crippen LogP contribution in [0.5, 0.6) is 5.75 Å². The zero-order valence-electron chi connectivity index (χ0n) is 19.4. The number of oxazole rings is 1. The Balaban J connectivity index is 1.40. The van der Waals surface area contributed by atoms with E-state index in [2.05, 4.69) is 25.4 Å². The molecule has 0 aliphatic rings. The Morgan fingerprint density at radius 2 is 1.81 bits per heavy atom. The summed E-state index contributed by atoms with van der Waals surface area (Å²) in [7, 11) is 1.58. The fraction of sp³-hybridized carbons (Fsp3) is 0.208. The number of para-hydroxylation sites is 1. The van der Waals surface area contributed by atoms with Gasteiger partial charge >= 0.3 is 6.18 Å². The number of rotatable bonds is 6. The Morgan fingerprint density at radius 1 is 1.00 bits per heavy atom. The zero-order chi connectivity index (χ0) is 25.4. The van der Waals surface area contributed by atoms with E-state index in [9.17, 15) is 13.2 Å². The molecular weight excluding hydrogens is 477 g/mol. The Labute approximate surface area is 202 Å². The Hall–Kier alpha value is -4.48. The number of alkyl halides is 3. The minimum absolute atomic E-state index is 0.0128. The number of ether oxygens (including phenoxy) is 1. The first-order valence-corrected chi connectivity index (χ1v) is 10.8. The second-order valence-corrected chi connectivity index (χ2v) is 7.90. The van der Waals surface area contributed by atoms with E-state index in [0.717, 1.165) is 17.7 Å². The smallest absolute Gasteiger partial charge is 0.416 e. The molecule has 0 unspecified atom stereocenters. The van der Waals surface area contributed by atoms with Crippen LogP contribution in [0.25, 0.3) is 34.4 Å². The predicted octanol–water partition coefficient (Wildman–Crippen LogP) is 5.34. The van der Waals surface area contributed by atoms with Crippen LogP contribution in [0.4, 0.5) is 13.2 Å². The molecule has 9 nitrogen and oxygen atoms in total. The standard InChI is InChI=1S/C24H19F3N6O3/c1-13-20(23-29-21(31-36-23)15-7-6-8-16(11-15)24(25,26)27)30-32-33(13)12-18-14(2)35-22(28-18)17-9-4-5-10-19(17)34-3/h4-11H,12H2,1-3H3.